The molecule has 8 heteroatoms. The zero-order chi connectivity index (χ0) is 19.6. The molecule has 1 heterocycles. The van der Waals surface area contributed by atoms with Crippen LogP contribution in [0.3, 0.4) is 0 Å². The quantitative estimate of drug-likeness (QED) is 0.865. The number of carboxylic acids is 1. The predicted molar refractivity (Wildman–Crippen MR) is 89.2 cm³/mol. The molecule has 0 unspecified atom stereocenters. The van der Waals surface area contributed by atoms with Crippen molar-refractivity contribution in [2.75, 3.05) is 13.1 Å². The zero-order valence-electron chi connectivity index (χ0n) is 14.0. The van der Waals surface area contributed by atoms with E-state index in [9.17, 15) is 27.9 Å². The van der Waals surface area contributed by atoms with Gasteiger partial charge in [0, 0.05) is 19.0 Å². The molecule has 0 aliphatic carbocycles. The van der Waals surface area contributed by atoms with Gasteiger partial charge in [-0.25, -0.2) is 4.39 Å². The first-order valence-electron chi connectivity index (χ1n) is 8.18. The molecule has 1 saturated heterocycles. The number of para-hydroxylation sites is 1. The molecule has 1 aliphatic heterocycles. The van der Waals surface area contributed by atoms with Gasteiger partial charge in [0.15, 0.2) is 0 Å². The molecule has 0 radical (unpaired) electrons. The van der Waals surface area contributed by atoms with Gasteiger partial charge in [-0.3, -0.25) is 9.59 Å². The average Bonchev–Trinajstić information content (AvgIpc) is 3.07. The Morgan fingerprint density at radius 1 is 1.07 bits per heavy atom. The third kappa shape index (κ3) is 4.05. The van der Waals surface area contributed by atoms with Crippen molar-refractivity contribution in [3.8, 4) is 5.75 Å². The summed E-state index contributed by atoms with van der Waals surface area (Å²) in [6, 6.07) is 11.0. The van der Waals surface area contributed by atoms with Crippen LogP contribution in [0, 0.1) is 11.7 Å². The van der Waals surface area contributed by atoms with E-state index in [1.165, 1.54) is 53.4 Å². The van der Waals surface area contributed by atoms with Crippen LogP contribution < -0.4 is 4.74 Å². The number of rotatable bonds is 5. The van der Waals surface area contributed by atoms with Crippen LogP contribution in [0.25, 0.3) is 0 Å². The number of aliphatic carboxylic acids is 1. The Bertz CT molecular complexity index is 841. The highest BCUT2D eigenvalue weighted by Gasteiger charge is 2.41. The lowest BCUT2D eigenvalue weighted by Crippen LogP contribution is -2.30. The lowest BCUT2D eigenvalue weighted by atomic mass is 9.89. The maximum atomic E-state index is 13.1. The maximum Gasteiger partial charge on any atom is 0.387 e. The summed E-state index contributed by atoms with van der Waals surface area (Å²) in [5.41, 5.74) is 0.526. The summed E-state index contributed by atoms with van der Waals surface area (Å²) in [6.07, 6.45) is 0. The molecule has 3 rings (SSSR count). The van der Waals surface area contributed by atoms with Gasteiger partial charge in [0.1, 0.15) is 11.6 Å². The topological polar surface area (TPSA) is 66.8 Å². The molecule has 2 atom stereocenters. The first-order chi connectivity index (χ1) is 12.9. The van der Waals surface area contributed by atoms with Gasteiger partial charge in [0.05, 0.1) is 11.5 Å². The summed E-state index contributed by atoms with van der Waals surface area (Å²) in [7, 11) is 0. The SMILES string of the molecule is O=C(O)[C@@H]1CN(C(=O)c2ccccc2OC(F)F)C[C@H]1c1ccc(F)cc1. The fourth-order valence-electron chi connectivity index (χ4n) is 3.28. The van der Waals surface area contributed by atoms with E-state index in [1.54, 1.807) is 0 Å². The summed E-state index contributed by atoms with van der Waals surface area (Å²) in [5, 5.41) is 9.51. The van der Waals surface area contributed by atoms with Gasteiger partial charge in [-0.05, 0) is 29.8 Å². The van der Waals surface area contributed by atoms with Crippen molar-refractivity contribution in [1.29, 1.82) is 0 Å². The highest BCUT2D eigenvalue weighted by atomic mass is 19.3. The van der Waals surface area contributed by atoms with Crippen molar-refractivity contribution < 1.29 is 32.6 Å². The Morgan fingerprint density at radius 2 is 1.74 bits per heavy atom. The first-order valence-corrected chi connectivity index (χ1v) is 8.18. The lowest BCUT2D eigenvalue weighted by Gasteiger charge is -2.18. The molecule has 0 bridgehead atoms. The van der Waals surface area contributed by atoms with Crippen LogP contribution in [0.2, 0.25) is 0 Å². The Kier molecular flexibility index (Phi) is 5.34. The van der Waals surface area contributed by atoms with Crippen molar-refractivity contribution in [2.24, 2.45) is 5.92 Å². The third-order valence-electron chi connectivity index (χ3n) is 4.56. The van der Waals surface area contributed by atoms with Gasteiger partial charge in [0.2, 0.25) is 0 Å². The van der Waals surface area contributed by atoms with Crippen LogP contribution in [0.5, 0.6) is 5.75 Å². The zero-order valence-corrected chi connectivity index (χ0v) is 14.0. The fraction of sp³-hybridized carbons (Fsp3) is 0.263. The maximum absolute atomic E-state index is 13.1. The minimum atomic E-state index is -3.09. The molecule has 1 amide bonds. The van der Waals surface area contributed by atoms with E-state index in [2.05, 4.69) is 4.74 Å². The summed E-state index contributed by atoms with van der Waals surface area (Å²) in [4.78, 5) is 25.7. The molecule has 1 N–H and O–H groups in total. The second-order valence-corrected chi connectivity index (χ2v) is 6.19. The summed E-state index contributed by atoms with van der Waals surface area (Å²) in [5.74, 6) is -3.82. The number of nitrogens with zero attached hydrogens (tertiary/aromatic N) is 1. The minimum Gasteiger partial charge on any atom is -0.481 e. The fourth-order valence-corrected chi connectivity index (χ4v) is 3.28. The van der Waals surface area contributed by atoms with Crippen LogP contribution in [0.4, 0.5) is 13.2 Å². The van der Waals surface area contributed by atoms with Crippen molar-refractivity contribution >= 4 is 11.9 Å². The van der Waals surface area contributed by atoms with E-state index < -0.39 is 36.1 Å². The monoisotopic (exact) mass is 379 g/mol. The molecule has 0 spiro atoms. The second kappa shape index (κ2) is 7.69. The number of carboxylic acid groups (broad SMARTS) is 1. The van der Waals surface area contributed by atoms with Crippen LogP contribution in [0.15, 0.2) is 48.5 Å². The van der Waals surface area contributed by atoms with E-state index in [0.29, 0.717) is 5.56 Å². The van der Waals surface area contributed by atoms with Crippen molar-refractivity contribution in [1.82, 2.24) is 4.90 Å². The average molecular weight is 379 g/mol. The molecular formula is C19H16F3NO4. The summed E-state index contributed by atoms with van der Waals surface area (Å²) >= 11 is 0. The Balaban J connectivity index is 1.87. The minimum absolute atomic E-state index is 0.0679. The molecule has 1 aliphatic rings. The number of hydrogen-bond acceptors (Lipinski definition) is 3. The van der Waals surface area contributed by atoms with Gasteiger partial charge < -0.3 is 14.7 Å². The van der Waals surface area contributed by atoms with Gasteiger partial charge in [-0.15, -0.1) is 0 Å². The molecular weight excluding hydrogens is 363 g/mol. The van der Waals surface area contributed by atoms with Gasteiger partial charge in [-0.2, -0.15) is 8.78 Å². The molecule has 2 aromatic carbocycles. The number of carbonyl (C=O) groups is 2. The first kappa shape index (κ1) is 18.8. The number of alkyl halides is 2. The standard InChI is InChI=1S/C19H16F3NO4/c20-12-7-5-11(6-8-12)14-9-23(10-15(14)18(25)26)17(24)13-3-1-2-4-16(13)27-19(21)22/h1-8,14-15,19H,9-10H2,(H,25,26)/t14-,15+/m0/s1. The van der Waals surface area contributed by atoms with Gasteiger partial charge in [-0.1, -0.05) is 24.3 Å². The summed E-state index contributed by atoms with van der Waals surface area (Å²) < 4.78 is 42.7. The largest absolute Gasteiger partial charge is 0.481 e. The number of carbonyl (C=O) groups excluding carboxylic acids is 1. The molecule has 142 valence electrons. The number of halogens is 3. The van der Waals surface area contributed by atoms with Crippen LogP contribution in [-0.2, 0) is 4.79 Å². The smallest absolute Gasteiger partial charge is 0.387 e. The van der Waals surface area contributed by atoms with E-state index in [1.807, 2.05) is 0 Å². The molecule has 0 aromatic heterocycles. The lowest BCUT2D eigenvalue weighted by molar-refractivity contribution is -0.141. The highest BCUT2D eigenvalue weighted by Crippen LogP contribution is 2.35. The molecule has 1 fully saturated rings. The van der Waals surface area contributed by atoms with Gasteiger partial charge >= 0.3 is 12.6 Å². The van der Waals surface area contributed by atoms with E-state index in [-0.39, 0.29) is 24.4 Å². The van der Waals surface area contributed by atoms with Crippen LogP contribution >= 0.6 is 0 Å². The van der Waals surface area contributed by atoms with Crippen LogP contribution in [-0.4, -0.2) is 41.6 Å². The van der Waals surface area contributed by atoms with Gasteiger partial charge in [0.25, 0.3) is 5.91 Å². The number of benzene rings is 2. The molecule has 0 saturated carbocycles. The third-order valence-corrected chi connectivity index (χ3v) is 4.56. The Labute approximate surface area is 153 Å². The van der Waals surface area contributed by atoms with E-state index in [0.717, 1.165) is 0 Å². The predicted octanol–water partition coefficient (Wildman–Crippen LogP) is 3.37. The normalized spacial score (nSPS) is 19.3. The van der Waals surface area contributed by atoms with E-state index in [4.69, 9.17) is 0 Å². The van der Waals surface area contributed by atoms with E-state index >= 15 is 0 Å². The molecule has 5 nitrogen and oxygen atoms in total. The molecule has 2 aromatic rings. The number of amides is 1. The van der Waals surface area contributed by atoms with Crippen LogP contribution in [0.1, 0.15) is 21.8 Å². The Morgan fingerprint density at radius 3 is 2.37 bits per heavy atom. The highest BCUT2D eigenvalue weighted by molar-refractivity contribution is 5.97. The summed E-state index contributed by atoms with van der Waals surface area (Å²) in [6.45, 7) is -3.10. The molecule has 27 heavy (non-hydrogen) atoms. The number of likely N-dealkylation sites (tertiary alicyclic amines) is 1. The number of hydrogen-bond donors (Lipinski definition) is 1. The van der Waals surface area contributed by atoms with Crippen molar-refractivity contribution in [2.45, 2.75) is 12.5 Å². The second-order valence-electron chi connectivity index (χ2n) is 6.19. The van der Waals surface area contributed by atoms with Crippen molar-refractivity contribution in [3.05, 3.63) is 65.5 Å². The van der Waals surface area contributed by atoms with Crippen molar-refractivity contribution in [3.63, 3.8) is 0 Å². The Hall–Kier alpha value is -3.03. The number of ether oxygens (including phenoxy) is 1.